The third-order valence-corrected chi connectivity index (χ3v) is 2.95. The lowest BCUT2D eigenvalue weighted by Crippen LogP contribution is -2.18. The molecule has 0 aromatic carbocycles. The number of ether oxygens (including phenoxy) is 1. The summed E-state index contributed by atoms with van der Waals surface area (Å²) in [6.45, 7) is 1.76. The maximum absolute atomic E-state index is 11.2. The van der Waals surface area contributed by atoms with E-state index in [4.69, 9.17) is 16.7 Å². The van der Waals surface area contributed by atoms with Crippen LogP contribution in [0, 0.1) is 0 Å². The van der Waals surface area contributed by atoms with Gasteiger partial charge in [0.15, 0.2) is 15.2 Å². The molecule has 1 rings (SSSR count). The van der Waals surface area contributed by atoms with Gasteiger partial charge >= 0.3 is 5.97 Å². The normalized spacial score (nSPS) is 12.3. The minimum Gasteiger partial charge on any atom is -0.465 e. The van der Waals surface area contributed by atoms with Crippen LogP contribution in [0.25, 0.3) is 0 Å². The number of esters is 1. The number of hydrogen-bond acceptors (Lipinski definition) is 6. The highest BCUT2D eigenvalue weighted by Crippen LogP contribution is 2.27. The van der Waals surface area contributed by atoms with Gasteiger partial charge in [-0.05, 0) is 6.92 Å². The Morgan fingerprint density at radius 3 is 3.00 bits per heavy atom. The first kappa shape index (κ1) is 12.2. The Morgan fingerprint density at radius 1 is 1.80 bits per heavy atom. The molecule has 0 radical (unpaired) electrons. The van der Waals surface area contributed by atoms with Crippen LogP contribution in [-0.4, -0.2) is 35.8 Å². The van der Waals surface area contributed by atoms with Gasteiger partial charge in [0.1, 0.15) is 0 Å². The average molecular weight is 251 g/mol. The van der Waals surface area contributed by atoms with E-state index in [1.807, 2.05) is 0 Å². The van der Waals surface area contributed by atoms with Crippen LogP contribution in [0.2, 0.25) is 5.15 Å². The fraction of sp³-hybridized carbons (Fsp3) is 0.500. The number of methoxy groups -OCH3 is 1. The molecule has 0 amide bonds. The molecule has 0 fully saturated rings. The van der Waals surface area contributed by atoms with E-state index >= 15 is 0 Å². The highest BCUT2D eigenvalue weighted by molar-refractivity contribution is 7.18. The number of aliphatic hydroxyl groups excluding tert-OH is 1. The second kappa shape index (κ2) is 5.29. The summed E-state index contributed by atoms with van der Waals surface area (Å²) in [4.78, 5) is 15.4. The Labute approximate surface area is 96.0 Å². The molecule has 0 aliphatic rings. The molecule has 1 aromatic heterocycles. The van der Waals surface area contributed by atoms with Crippen molar-refractivity contribution in [2.75, 3.05) is 19.0 Å². The van der Waals surface area contributed by atoms with Gasteiger partial charge in [-0.25, -0.2) is 9.78 Å². The van der Waals surface area contributed by atoms with Gasteiger partial charge in [-0.15, -0.1) is 0 Å². The maximum atomic E-state index is 11.2. The van der Waals surface area contributed by atoms with E-state index in [-0.39, 0.29) is 22.7 Å². The van der Waals surface area contributed by atoms with Crippen molar-refractivity contribution in [1.82, 2.24) is 4.98 Å². The molecule has 0 saturated carbocycles. The van der Waals surface area contributed by atoms with Gasteiger partial charge in [0.25, 0.3) is 0 Å². The molecular weight excluding hydrogens is 240 g/mol. The monoisotopic (exact) mass is 250 g/mol. The topological polar surface area (TPSA) is 71.5 Å². The van der Waals surface area contributed by atoms with Crippen molar-refractivity contribution in [3.8, 4) is 0 Å². The van der Waals surface area contributed by atoms with Crippen molar-refractivity contribution in [1.29, 1.82) is 0 Å². The summed E-state index contributed by atoms with van der Waals surface area (Å²) < 4.78 is 4.53. The quantitative estimate of drug-likeness (QED) is 0.790. The molecule has 0 spiro atoms. The largest absolute Gasteiger partial charge is 0.465 e. The molecule has 0 bridgehead atoms. The zero-order valence-corrected chi connectivity index (χ0v) is 9.85. The lowest BCUT2D eigenvalue weighted by atomic mass is 10.4. The Kier molecular flexibility index (Phi) is 4.31. The average Bonchev–Trinajstić information content (AvgIpc) is 2.58. The van der Waals surface area contributed by atoms with Crippen molar-refractivity contribution >= 4 is 34.0 Å². The summed E-state index contributed by atoms with van der Waals surface area (Å²) in [5.74, 6) is -0.512. The molecule has 0 aliphatic heterocycles. The summed E-state index contributed by atoms with van der Waals surface area (Å²) in [6, 6.07) is -0.141. The van der Waals surface area contributed by atoms with Crippen molar-refractivity contribution in [2.45, 2.75) is 13.0 Å². The minimum atomic E-state index is -0.512. The van der Waals surface area contributed by atoms with Crippen molar-refractivity contribution in [3.63, 3.8) is 0 Å². The standard InChI is InChI=1S/C8H11ClN2O3S/c1-4(3-12)10-8-11-6(9)5(15-8)7(13)14-2/h4,12H,3H2,1-2H3,(H,10,11)/t4-/m0/s1. The van der Waals surface area contributed by atoms with Crippen LogP contribution in [-0.2, 0) is 4.74 Å². The number of rotatable bonds is 4. The summed E-state index contributed by atoms with van der Waals surface area (Å²) >= 11 is 6.84. The molecule has 5 nitrogen and oxygen atoms in total. The van der Waals surface area contributed by atoms with E-state index in [9.17, 15) is 4.79 Å². The van der Waals surface area contributed by atoms with Crippen molar-refractivity contribution in [2.24, 2.45) is 0 Å². The van der Waals surface area contributed by atoms with Crippen LogP contribution in [0.15, 0.2) is 0 Å². The van der Waals surface area contributed by atoms with Gasteiger partial charge in [-0.3, -0.25) is 0 Å². The van der Waals surface area contributed by atoms with E-state index in [1.165, 1.54) is 7.11 Å². The number of nitrogens with one attached hydrogen (secondary N) is 1. The van der Waals surface area contributed by atoms with Gasteiger partial charge < -0.3 is 15.2 Å². The molecule has 84 valence electrons. The summed E-state index contributed by atoms with van der Waals surface area (Å²) in [5, 5.41) is 12.3. The third kappa shape index (κ3) is 3.05. The molecule has 1 heterocycles. The molecular formula is C8H11ClN2O3S. The first-order valence-corrected chi connectivity index (χ1v) is 5.40. The van der Waals surface area contributed by atoms with E-state index in [2.05, 4.69) is 15.0 Å². The number of anilines is 1. The van der Waals surface area contributed by atoms with E-state index in [0.717, 1.165) is 11.3 Å². The smallest absolute Gasteiger partial charge is 0.351 e. The molecule has 7 heteroatoms. The second-order valence-electron chi connectivity index (χ2n) is 2.86. The predicted molar refractivity (Wildman–Crippen MR) is 58.6 cm³/mol. The number of thiazole rings is 1. The number of halogens is 1. The van der Waals surface area contributed by atoms with Gasteiger partial charge in [0.05, 0.1) is 13.7 Å². The lowest BCUT2D eigenvalue weighted by Gasteiger charge is -2.07. The first-order valence-electron chi connectivity index (χ1n) is 4.20. The highest BCUT2D eigenvalue weighted by atomic mass is 35.5. The maximum Gasteiger partial charge on any atom is 0.351 e. The first-order chi connectivity index (χ1) is 7.08. The second-order valence-corrected chi connectivity index (χ2v) is 4.22. The van der Waals surface area contributed by atoms with Gasteiger partial charge in [-0.2, -0.15) is 0 Å². The van der Waals surface area contributed by atoms with E-state index in [0.29, 0.717) is 5.13 Å². The number of nitrogens with zero attached hydrogens (tertiary/aromatic N) is 1. The van der Waals surface area contributed by atoms with Gasteiger partial charge in [0.2, 0.25) is 0 Å². The van der Waals surface area contributed by atoms with E-state index < -0.39 is 5.97 Å². The van der Waals surface area contributed by atoms with Gasteiger partial charge in [0, 0.05) is 6.04 Å². The minimum absolute atomic E-state index is 0.0231. The predicted octanol–water partition coefficient (Wildman–Crippen LogP) is 1.38. The lowest BCUT2D eigenvalue weighted by molar-refractivity contribution is 0.0606. The number of hydrogen-bond donors (Lipinski definition) is 2. The third-order valence-electron chi connectivity index (χ3n) is 1.60. The molecule has 0 unspecified atom stereocenters. The number of carbonyl (C=O) groups excluding carboxylic acids is 1. The van der Waals surface area contributed by atoms with Crippen LogP contribution in [0.5, 0.6) is 0 Å². The zero-order valence-electron chi connectivity index (χ0n) is 8.28. The fourth-order valence-corrected chi connectivity index (χ4v) is 2.05. The van der Waals surface area contributed by atoms with Crippen LogP contribution in [0.4, 0.5) is 5.13 Å². The van der Waals surface area contributed by atoms with Crippen molar-refractivity contribution < 1.29 is 14.6 Å². The molecule has 15 heavy (non-hydrogen) atoms. The Bertz CT molecular complexity index is 356. The summed E-state index contributed by atoms with van der Waals surface area (Å²) in [6.07, 6.45) is 0. The molecule has 2 N–H and O–H groups in total. The Morgan fingerprint density at radius 2 is 2.47 bits per heavy atom. The van der Waals surface area contributed by atoms with Crippen LogP contribution < -0.4 is 5.32 Å². The fourth-order valence-electron chi connectivity index (χ4n) is 0.838. The van der Waals surface area contributed by atoms with Gasteiger partial charge in [-0.1, -0.05) is 22.9 Å². The molecule has 0 aliphatic carbocycles. The number of carbonyl (C=O) groups is 1. The molecule has 1 atom stereocenters. The number of aromatic nitrogens is 1. The highest BCUT2D eigenvalue weighted by Gasteiger charge is 2.17. The molecule has 0 saturated heterocycles. The summed E-state index contributed by atoms with van der Waals surface area (Å²) in [5.41, 5.74) is 0. The Hall–Kier alpha value is -0.850. The van der Waals surface area contributed by atoms with Crippen molar-refractivity contribution in [3.05, 3.63) is 10.0 Å². The molecule has 1 aromatic rings. The van der Waals surface area contributed by atoms with E-state index in [1.54, 1.807) is 6.92 Å². The Balaban J connectivity index is 2.81. The van der Waals surface area contributed by atoms with Crippen LogP contribution in [0.1, 0.15) is 16.6 Å². The van der Waals surface area contributed by atoms with Crippen LogP contribution >= 0.6 is 22.9 Å². The van der Waals surface area contributed by atoms with Crippen LogP contribution in [0.3, 0.4) is 0 Å². The SMILES string of the molecule is COC(=O)c1sc(N[C@@H](C)CO)nc1Cl. The number of aliphatic hydroxyl groups is 1. The summed E-state index contributed by atoms with van der Waals surface area (Å²) in [7, 11) is 1.28. The zero-order chi connectivity index (χ0) is 11.4.